The molecule has 0 saturated heterocycles. The Labute approximate surface area is 87.7 Å². The number of nitrogens with zero attached hydrogens (tertiary/aromatic N) is 1. The summed E-state index contributed by atoms with van der Waals surface area (Å²) in [7, 11) is 2.18. The van der Waals surface area contributed by atoms with Crippen molar-refractivity contribution < 1.29 is 0 Å². The minimum Gasteiger partial charge on any atom is -0.374 e. The maximum atomic E-state index is 2.35. The van der Waals surface area contributed by atoms with Crippen molar-refractivity contribution >= 4 is 5.69 Å². The third kappa shape index (κ3) is 2.28. The Morgan fingerprint density at radius 3 is 2.57 bits per heavy atom. The van der Waals surface area contributed by atoms with Crippen molar-refractivity contribution in [3.63, 3.8) is 0 Å². The molecule has 1 atom stereocenters. The fourth-order valence-electron chi connectivity index (χ4n) is 2.06. The van der Waals surface area contributed by atoms with Crippen LogP contribution in [-0.4, -0.2) is 13.6 Å². The molecule has 0 amide bonds. The molecule has 0 spiro atoms. The average Bonchev–Trinajstić information content (AvgIpc) is 2.20. The number of hydrogen-bond acceptors (Lipinski definition) is 1. The monoisotopic (exact) mass is 191 g/mol. The smallest absolute Gasteiger partial charge is 0.0396 e. The van der Waals surface area contributed by atoms with Crippen molar-refractivity contribution in [1.29, 1.82) is 0 Å². The second-order valence-corrected chi connectivity index (χ2v) is 3.82. The molecule has 1 aromatic rings. The summed E-state index contributed by atoms with van der Waals surface area (Å²) in [4.78, 5) is 2.35. The molecule has 1 nitrogen and oxygen atoms in total. The van der Waals surface area contributed by atoms with Gasteiger partial charge in [0.1, 0.15) is 0 Å². The van der Waals surface area contributed by atoms with Crippen LogP contribution in [0, 0.1) is 5.92 Å². The van der Waals surface area contributed by atoms with Crippen LogP contribution >= 0.6 is 0 Å². The summed E-state index contributed by atoms with van der Waals surface area (Å²) in [6.07, 6.45) is 1.24. The van der Waals surface area contributed by atoms with Crippen LogP contribution in [-0.2, 0) is 6.42 Å². The van der Waals surface area contributed by atoms with Crippen LogP contribution in [0.25, 0.3) is 0 Å². The maximum absolute atomic E-state index is 2.35. The predicted molar refractivity (Wildman–Crippen MR) is 63.9 cm³/mol. The topological polar surface area (TPSA) is 3.24 Å². The number of hydrogen-bond donors (Lipinski definition) is 0. The predicted octanol–water partition coefficient (Wildman–Crippen LogP) is 3.34. The van der Waals surface area contributed by atoms with Crippen LogP contribution in [0.4, 0.5) is 5.69 Å². The van der Waals surface area contributed by atoms with E-state index in [1.807, 2.05) is 13.8 Å². The van der Waals surface area contributed by atoms with Gasteiger partial charge in [-0.25, -0.2) is 0 Å². The first kappa shape index (κ1) is 11.1. The summed E-state index contributed by atoms with van der Waals surface area (Å²) in [5.74, 6) is 0.796. The number of para-hydroxylation sites is 1. The van der Waals surface area contributed by atoms with Crippen LogP contribution in [0.15, 0.2) is 24.3 Å². The lowest BCUT2D eigenvalue weighted by Gasteiger charge is -2.31. The summed E-state index contributed by atoms with van der Waals surface area (Å²) in [5.41, 5.74) is 2.91. The van der Waals surface area contributed by atoms with Gasteiger partial charge in [0.25, 0.3) is 0 Å². The van der Waals surface area contributed by atoms with Gasteiger partial charge in [0.05, 0.1) is 0 Å². The fraction of sp³-hybridized carbons (Fsp3) is 0.538. The molecule has 1 aliphatic rings. The molecule has 1 aromatic carbocycles. The van der Waals surface area contributed by atoms with Gasteiger partial charge < -0.3 is 4.90 Å². The molecule has 2 rings (SSSR count). The van der Waals surface area contributed by atoms with Gasteiger partial charge in [-0.3, -0.25) is 0 Å². The normalized spacial score (nSPS) is 19.4. The summed E-state index contributed by atoms with van der Waals surface area (Å²) in [5, 5.41) is 0. The molecule has 1 unspecified atom stereocenters. The Hall–Kier alpha value is -0.980. The van der Waals surface area contributed by atoms with E-state index in [0.717, 1.165) is 5.92 Å². The summed E-state index contributed by atoms with van der Waals surface area (Å²) >= 11 is 0. The first-order valence-corrected chi connectivity index (χ1v) is 5.56. The molecule has 0 bridgehead atoms. The van der Waals surface area contributed by atoms with Crippen LogP contribution in [0.5, 0.6) is 0 Å². The molecule has 0 aliphatic carbocycles. The van der Waals surface area contributed by atoms with Crippen LogP contribution in [0.2, 0.25) is 0 Å². The number of rotatable bonds is 0. The van der Waals surface area contributed by atoms with E-state index in [0.29, 0.717) is 0 Å². The summed E-state index contributed by atoms with van der Waals surface area (Å²) < 4.78 is 0. The Morgan fingerprint density at radius 1 is 1.21 bits per heavy atom. The molecular weight excluding hydrogens is 170 g/mol. The van der Waals surface area contributed by atoms with Gasteiger partial charge in [-0.2, -0.15) is 0 Å². The second kappa shape index (κ2) is 5.04. The highest BCUT2D eigenvalue weighted by Gasteiger charge is 2.17. The third-order valence-electron chi connectivity index (χ3n) is 2.56. The zero-order valence-corrected chi connectivity index (χ0v) is 9.75. The lowest BCUT2D eigenvalue weighted by molar-refractivity contribution is 0.552. The minimum absolute atomic E-state index is 0.796. The Bertz CT molecular complexity index is 280. The number of fused-ring (bicyclic) bond motifs is 1. The van der Waals surface area contributed by atoms with Gasteiger partial charge in [0, 0.05) is 19.3 Å². The van der Waals surface area contributed by atoms with E-state index in [4.69, 9.17) is 0 Å². The van der Waals surface area contributed by atoms with Crippen molar-refractivity contribution in [1.82, 2.24) is 0 Å². The van der Waals surface area contributed by atoms with Crippen LogP contribution in [0.3, 0.4) is 0 Å². The maximum Gasteiger partial charge on any atom is 0.0396 e. The van der Waals surface area contributed by atoms with E-state index in [2.05, 4.69) is 43.1 Å². The lowest BCUT2D eigenvalue weighted by atomic mass is 9.94. The Balaban J connectivity index is 0.000000461. The second-order valence-electron chi connectivity index (χ2n) is 3.82. The van der Waals surface area contributed by atoms with E-state index < -0.39 is 0 Å². The molecule has 78 valence electrons. The highest BCUT2D eigenvalue weighted by atomic mass is 15.1. The molecule has 1 aliphatic heterocycles. The van der Waals surface area contributed by atoms with Crippen LogP contribution in [0.1, 0.15) is 26.3 Å². The highest BCUT2D eigenvalue weighted by Crippen LogP contribution is 2.27. The van der Waals surface area contributed by atoms with Crippen LogP contribution < -0.4 is 4.90 Å². The van der Waals surface area contributed by atoms with E-state index in [1.54, 1.807) is 0 Å². The van der Waals surface area contributed by atoms with Crippen molar-refractivity contribution in [3.8, 4) is 0 Å². The average molecular weight is 191 g/mol. The Kier molecular flexibility index (Phi) is 3.99. The largest absolute Gasteiger partial charge is 0.374 e. The first-order chi connectivity index (χ1) is 6.77. The quantitative estimate of drug-likeness (QED) is 0.608. The molecule has 1 heterocycles. The molecule has 0 fully saturated rings. The molecule has 1 heteroatoms. The summed E-state index contributed by atoms with van der Waals surface area (Å²) in [6, 6.07) is 8.69. The molecule has 14 heavy (non-hydrogen) atoms. The molecular formula is C13H21N. The van der Waals surface area contributed by atoms with E-state index in [-0.39, 0.29) is 0 Å². The van der Waals surface area contributed by atoms with Gasteiger partial charge in [-0.05, 0) is 24.0 Å². The van der Waals surface area contributed by atoms with Crippen molar-refractivity contribution in [3.05, 3.63) is 29.8 Å². The van der Waals surface area contributed by atoms with Gasteiger partial charge >= 0.3 is 0 Å². The number of anilines is 1. The third-order valence-corrected chi connectivity index (χ3v) is 2.56. The summed E-state index contributed by atoms with van der Waals surface area (Å²) in [6.45, 7) is 7.50. The van der Waals surface area contributed by atoms with Gasteiger partial charge in [0.15, 0.2) is 0 Å². The van der Waals surface area contributed by atoms with E-state index in [1.165, 1.54) is 24.2 Å². The molecule has 0 radical (unpaired) electrons. The van der Waals surface area contributed by atoms with Gasteiger partial charge in [-0.15, -0.1) is 0 Å². The van der Waals surface area contributed by atoms with Crippen molar-refractivity contribution in [2.75, 3.05) is 18.5 Å². The van der Waals surface area contributed by atoms with Crippen molar-refractivity contribution in [2.45, 2.75) is 27.2 Å². The molecule has 0 saturated carbocycles. The van der Waals surface area contributed by atoms with Gasteiger partial charge in [0.2, 0.25) is 0 Å². The highest BCUT2D eigenvalue weighted by molar-refractivity contribution is 5.54. The molecule has 0 aromatic heterocycles. The minimum atomic E-state index is 0.796. The number of benzene rings is 1. The van der Waals surface area contributed by atoms with E-state index in [9.17, 15) is 0 Å². The molecule has 0 N–H and O–H groups in total. The standard InChI is InChI=1S/C11H15N.C2H6/c1-9-7-10-5-3-4-6-11(10)12(2)8-9;1-2/h3-6,9H,7-8H2,1-2H3;1-2H3. The zero-order valence-electron chi connectivity index (χ0n) is 9.75. The lowest BCUT2D eigenvalue weighted by Crippen LogP contribution is -2.30. The Morgan fingerprint density at radius 2 is 1.86 bits per heavy atom. The fourth-order valence-corrected chi connectivity index (χ4v) is 2.06. The zero-order chi connectivity index (χ0) is 10.6. The van der Waals surface area contributed by atoms with Crippen molar-refractivity contribution in [2.24, 2.45) is 5.92 Å². The van der Waals surface area contributed by atoms with E-state index >= 15 is 0 Å². The SMILES string of the molecule is CC.CC1Cc2ccccc2N(C)C1. The van der Waals surface area contributed by atoms with Gasteiger partial charge in [-0.1, -0.05) is 39.0 Å². The first-order valence-electron chi connectivity index (χ1n) is 5.56.